The standard InChI is InChI=1S/C10H12N2/c1-3-4-9(5-11)8(2)10-6-12-7-10/h3-4,10,12H,1-2,6-7H2/b9-4-. The highest BCUT2D eigenvalue weighted by molar-refractivity contribution is 5.44. The molecule has 0 saturated carbocycles. The average Bonchev–Trinajstić information content (AvgIpc) is 1.96. The van der Waals surface area contributed by atoms with Gasteiger partial charge >= 0.3 is 0 Å². The van der Waals surface area contributed by atoms with Crippen LogP contribution < -0.4 is 5.32 Å². The molecule has 0 unspecified atom stereocenters. The van der Waals surface area contributed by atoms with Gasteiger partial charge in [-0.1, -0.05) is 19.2 Å². The number of nitrogens with one attached hydrogen (secondary N) is 1. The van der Waals surface area contributed by atoms with Crippen LogP contribution in [0.4, 0.5) is 0 Å². The van der Waals surface area contributed by atoms with Crippen molar-refractivity contribution < 1.29 is 0 Å². The van der Waals surface area contributed by atoms with E-state index in [4.69, 9.17) is 5.26 Å². The van der Waals surface area contributed by atoms with Crippen molar-refractivity contribution in [1.29, 1.82) is 5.26 Å². The monoisotopic (exact) mass is 160 g/mol. The van der Waals surface area contributed by atoms with E-state index in [0.29, 0.717) is 11.5 Å². The molecule has 1 heterocycles. The lowest BCUT2D eigenvalue weighted by Crippen LogP contribution is -2.43. The maximum absolute atomic E-state index is 8.75. The highest BCUT2D eigenvalue weighted by Gasteiger charge is 2.21. The van der Waals surface area contributed by atoms with Crippen LogP contribution in [0.3, 0.4) is 0 Å². The van der Waals surface area contributed by atoms with Crippen LogP contribution in [0.5, 0.6) is 0 Å². The molecule has 0 aromatic heterocycles. The van der Waals surface area contributed by atoms with Crippen LogP contribution >= 0.6 is 0 Å². The van der Waals surface area contributed by atoms with Gasteiger partial charge in [0.05, 0.1) is 11.6 Å². The second kappa shape index (κ2) is 3.89. The second-order valence-corrected chi connectivity index (χ2v) is 2.81. The van der Waals surface area contributed by atoms with Gasteiger partial charge in [-0.25, -0.2) is 0 Å². The van der Waals surface area contributed by atoms with Crippen molar-refractivity contribution in [3.63, 3.8) is 0 Å². The lowest BCUT2D eigenvalue weighted by atomic mass is 9.89. The van der Waals surface area contributed by atoms with Gasteiger partial charge in [0.2, 0.25) is 0 Å². The highest BCUT2D eigenvalue weighted by Crippen LogP contribution is 2.20. The third-order valence-electron chi connectivity index (χ3n) is 2.03. The maximum atomic E-state index is 8.75. The van der Waals surface area contributed by atoms with Crippen LogP contribution in [0, 0.1) is 17.2 Å². The van der Waals surface area contributed by atoms with Crippen LogP contribution in [0.25, 0.3) is 0 Å². The minimum absolute atomic E-state index is 0.441. The second-order valence-electron chi connectivity index (χ2n) is 2.81. The quantitative estimate of drug-likeness (QED) is 0.500. The summed E-state index contributed by atoms with van der Waals surface area (Å²) in [7, 11) is 0. The molecule has 2 heteroatoms. The van der Waals surface area contributed by atoms with Crippen molar-refractivity contribution >= 4 is 0 Å². The minimum atomic E-state index is 0.441. The van der Waals surface area contributed by atoms with E-state index in [1.165, 1.54) is 0 Å². The van der Waals surface area contributed by atoms with Gasteiger partial charge in [-0.3, -0.25) is 0 Å². The lowest BCUT2D eigenvalue weighted by Gasteiger charge is -2.28. The van der Waals surface area contributed by atoms with Gasteiger partial charge in [-0.2, -0.15) is 5.26 Å². The van der Waals surface area contributed by atoms with Gasteiger partial charge in [0.1, 0.15) is 0 Å². The van der Waals surface area contributed by atoms with E-state index in [-0.39, 0.29) is 0 Å². The van der Waals surface area contributed by atoms with Gasteiger partial charge in [0.15, 0.2) is 0 Å². The van der Waals surface area contributed by atoms with Crippen molar-refractivity contribution in [2.45, 2.75) is 0 Å². The zero-order chi connectivity index (χ0) is 8.97. The molecular formula is C10H12N2. The Kier molecular flexibility index (Phi) is 2.84. The Labute approximate surface area is 72.9 Å². The van der Waals surface area contributed by atoms with Crippen LogP contribution in [-0.2, 0) is 0 Å². The SMILES string of the molecule is C=C/C=C(/C#N)C(=C)C1CNC1. The van der Waals surface area contributed by atoms with Crippen molar-refractivity contribution in [2.24, 2.45) is 5.92 Å². The van der Waals surface area contributed by atoms with E-state index in [2.05, 4.69) is 24.5 Å². The molecule has 0 radical (unpaired) electrons. The summed E-state index contributed by atoms with van der Waals surface area (Å²) < 4.78 is 0. The Bertz CT molecular complexity index is 264. The first-order chi connectivity index (χ1) is 5.79. The van der Waals surface area contributed by atoms with Crippen LogP contribution in [0.2, 0.25) is 0 Å². The summed E-state index contributed by atoms with van der Waals surface area (Å²) in [5, 5.41) is 11.9. The molecule has 1 saturated heterocycles. The van der Waals surface area contributed by atoms with E-state index < -0.39 is 0 Å². The van der Waals surface area contributed by atoms with Gasteiger partial charge in [0.25, 0.3) is 0 Å². The normalized spacial score (nSPS) is 17.8. The number of rotatable bonds is 3. The van der Waals surface area contributed by atoms with Crippen molar-refractivity contribution in [3.8, 4) is 6.07 Å². The van der Waals surface area contributed by atoms with Crippen LogP contribution in [0.1, 0.15) is 0 Å². The molecule has 1 aliphatic heterocycles. The summed E-state index contributed by atoms with van der Waals surface area (Å²) in [5.74, 6) is 0.441. The predicted molar refractivity (Wildman–Crippen MR) is 49.4 cm³/mol. The van der Waals surface area contributed by atoms with Crippen molar-refractivity contribution in [2.75, 3.05) is 13.1 Å². The van der Waals surface area contributed by atoms with E-state index >= 15 is 0 Å². The molecule has 0 bridgehead atoms. The highest BCUT2D eigenvalue weighted by atomic mass is 14.9. The number of hydrogen-bond donors (Lipinski definition) is 1. The first-order valence-electron chi connectivity index (χ1n) is 3.92. The van der Waals surface area contributed by atoms with Crippen molar-refractivity contribution in [1.82, 2.24) is 5.32 Å². The number of nitrogens with zero attached hydrogens (tertiary/aromatic N) is 1. The molecule has 0 atom stereocenters. The summed E-state index contributed by atoms with van der Waals surface area (Å²) in [4.78, 5) is 0. The number of allylic oxidation sites excluding steroid dienone is 3. The lowest BCUT2D eigenvalue weighted by molar-refractivity contribution is 0.405. The van der Waals surface area contributed by atoms with Gasteiger partial charge < -0.3 is 5.32 Å². The third kappa shape index (κ3) is 1.63. The zero-order valence-electron chi connectivity index (χ0n) is 7.01. The molecule has 0 aromatic carbocycles. The zero-order valence-corrected chi connectivity index (χ0v) is 7.01. The summed E-state index contributed by atoms with van der Waals surface area (Å²) in [6.45, 7) is 9.32. The van der Waals surface area contributed by atoms with E-state index in [9.17, 15) is 0 Å². The molecule has 0 spiro atoms. The van der Waals surface area contributed by atoms with Gasteiger partial charge in [0, 0.05) is 19.0 Å². The first-order valence-corrected chi connectivity index (χ1v) is 3.92. The predicted octanol–water partition coefficient (Wildman–Crippen LogP) is 1.40. The topological polar surface area (TPSA) is 35.8 Å². The fraction of sp³-hybridized carbons (Fsp3) is 0.300. The smallest absolute Gasteiger partial charge is 0.0994 e. The van der Waals surface area contributed by atoms with Gasteiger partial charge in [-0.15, -0.1) is 0 Å². The largest absolute Gasteiger partial charge is 0.315 e. The molecule has 1 aliphatic rings. The number of hydrogen-bond acceptors (Lipinski definition) is 2. The molecule has 12 heavy (non-hydrogen) atoms. The van der Waals surface area contributed by atoms with E-state index in [1.54, 1.807) is 12.2 Å². The Balaban J connectivity index is 2.66. The van der Waals surface area contributed by atoms with E-state index in [0.717, 1.165) is 18.7 Å². The molecule has 1 N–H and O–H groups in total. The van der Waals surface area contributed by atoms with Crippen LogP contribution in [0.15, 0.2) is 36.5 Å². The summed E-state index contributed by atoms with van der Waals surface area (Å²) in [5.41, 5.74) is 1.58. The Morgan fingerprint density at radius 2 is 2.25 bits per heavy atom. The first kappa shape index (κ1) is 8.76. The molecule has 62 valence electrons. The average molecular weight is 160 g/mol. The minimum Gasteiger partial charge on any atom is -0.315 e. The number of nitriles is 1. The molecule has 0 aromatic rings. The molecule has 1 rings (SSSR count). The third-order valence-corrected chi connectivity index (χ3v) is 2.03. The fourth-order valence-corrected chi connectivity index (χ4v) is 1.09. The Hall–Kier alpha value is -1.33. The summed E-state index contributed by atoms with van der Waals surface area (Å²) in [6.07, 6.45) is 3.33. The molecular weight excluding hydrogens is 148 g/mol. The van der Waals surface area contributed by atoms with Crippen LogP contribution in [-0.4, -0.2) is 13.1 Å². The molecule has 0 aliphatic carbocycles. The molecule has 0 amide bonds. The Morgan fingerprint density at radius 1 is 1.58 bits per heavy atom. The Morgan fingerprint density at radius 3 is 2.58 bits per heavy atom. The van der Waals surface area contributed by atoms with Crippen molar-refractivity contribution in [3.05, 3.63) is 36.5 Å². The summed E-state index contributed by atoms with van der Waals surface area (Å²) >= 11 is 0. The summed E-state index contributed by atoms with van der Waals surface area (Å²) in [6, 6.07) is 2.11. The maximum Gasteiger partial charge on any atom is 0.0994 e. The molecule has 2 nitrogen and oxygen atoms in total. The molecule has 1 fully saturated rings. The fourth-order valence-electron chi connectivity index (χ4n) is 1.09. The van der Waals surface area contributed by atoms with Gasteiger partial charge in [-0.05, 0) is 11.6 Å². The van der Waals surface area contributed by atoms with E-state index in [1.807, 2.05) is 0 Å².